The molecule has 0 radical (unpaired) electrons. The van der Waals surface area contributed by atoms with Gasteiger partial charge < -0.3 is 9.47 Å². The van der Waals surface area contributed by atoms with Crippen LogP contribution in [0.3, 0.4) is 0 Å². The summed E-state index contributed by atoms with van der Waals surface area (Å²) in [5, 5.41) is 0. The van der Waals surface area contributed by atoms with Gasteiger partial charge >= 0.3 is 0 Å². The van der Waals surface area contributed by atoms with Gasteiger partial charge in [-0.1, -0.05) is 12.8 Å². The molecule has 0 N–H and O–H groups in total. The van der Waals surface area contributed by atoms with Crippen LogP contribution < -0.4 is 0 Å². The minimum Gasteiger partial charge on any atom is -0.339 e. The Kier molecular flexibility index (Phi) is 3.60. The largest absolute Gasteiger partial charge is 0.339 e. The first-order valence-electron chi connectivity index (χ1n) is 8.42. The van der Waals surface area contributed by atoms with E-state index in [-0.39, 0.29) is 5.91 Å². The van der Waals surface area contributed by atoms with Gasteiger partial charge in [-0.05, 0) is 66.4 Å². The van der Waals surface area contributed by atoms with Crippen LogP contribution in [0, 0.1) is 5.92 Å². The SMILES string of the molecule is O=C(c1cc(Br)cn1C1CC1)N1CCCC1C1CCCC1. The Morgan fingerprint density at radius 3 is 2.57 bits per heavy atom. The lowest BCUT2D eigenvalue weighted by atomic mass is 9.96. The molecule has 1 saturated heterocycles. The van der Waals surface area contributed by atoms with E-state index in [0.29, 0.717) is 12.1 Å². The van der Waals surface area contributed by atoms with Crippen LogP contribution in [-0.4, -0.2) is 28.0 Å². The standard InChI is InChI=1S/C17H23BrN2O/c18-13-10-16(20(11-13)14-7-8-14)17(21)19-9-3-6-15(19)12-4-1-2-5-12/h10-12,14-15H,1-9H2. The van der Waals surface area contributed by atoms with Gasteiger partial charge in [0.2, 0.25) is 0 Å². The van der Waals surface area contributed by atoms with Gasteiger partial charge in [0.1, 0.15) is 5.69 Å². The molecule has 3 fully saturated rings. The van der Waals surface area contributed by atoms with Crippen molar-refractivity contribution in [2.45, 2.75) is 63.5 Å². The fourth-order valence-electron chi connectivity index (χ4n) is 4.30. The molecule has 0 spiro atoms. The number of carbonyl (C=O) groups excluding carboxylic acids is 1. The number of carbonyl (C=O) groups is 1. The zero-order chi connectivity index (χ0) is 14.4. The third-order valence-corrected chi connectivity index (χ3v) is 5.91. The highest BCUT2D eigenvalue weighted by Gasteiger charge is 2.38. The van der Waals surface area contributed by atoms with Gasteiger partial charge in [0.25, 0.3) is 5.91 Å². The van der Waals surface area contributed by atoms with Crippen molar-refractivity contribution < 1.29 is 4.79 Å². The molecule has 4 rings (SSSR count). The molecule has 1 unspecified atom stereocenters. The molecule has 0 aromatic carbocycles. The number of rotatable bonds is 3. The molecule has 2 saturated carbocycles. The fraction of sp³-hybridized carbons (Fsp3) is 0.706. The number of aromatic nitrogens is 1. The Balaban J connectivity index is 1.58. The van der Waals surface area contributed by atoms with Crippen molar-refractivity contribution in [2.75, 3.05) is 6.54 Å². The summed E-state index contributed by atoms with van der Waals surface area (Å²) in [6.07, 6.45) is 12.3. The smallest absolute Gasteiger partial charge is 0.270 e. The monoisotopic (exact) mass is 350 g/mol. The summed E-state index contributed by atoms with van der Waals surface area (Å²) in [6, 6.07) is 3.08. The van der Waals surface area contributed by atoms with Crippen LogP contribution in [0.15, 0.2) is 16.7 Å². The molecule has 1 amide bonds. The van der Waals surface area contributed by atoms with Crippen LogP contribution in [0.4, 0.5) is 0 Å². The zero-order valence-electron chi connectivity index (χ0n) is 12.4. The maximum Gasteiger partial charge on any atom is 0.270 e. The lowest BCUT2D eigenvalue weighted by Gasteiger charge is -2.29. The van der Waals surface area contributed by atoms with Crippen molar-refractivity contribution in [3.8, 4) is 0 Å². The summed E-state index contributed by atoms with van der Waals surface area (Å²) in [5.74, 6) is 1.02. The Morgan fingerprint density at radius 2 is 1.86 bits per heavy atom. The van der Waals surface area contributed by atoms with Crippen LogP contribution in [0.2, 0.25) is 0 Å². The van der Waals surface area contributed by atoms with E-state index in [9.17, 15) is 4.79 Å². The third-order valence-electron chi connectivity index (χ3n) is 5.48. The van der Waals surface area contributed by atoms with Gasteiger partial charge in [0, 0.05) is 29.3 Å². The van der Waals surface area contributed by atoms with Gasteiger partial charge in [0.15, 0.2) is 0 Å². The number of halogens is 1. The fourth-order valence-corrected chi connectivity index (χ4v) is 4.73. The minimum absolute atomic E-state index is 0.266. The minimum atomic E-state index is 0.266. The second-order valence-electron chi connectivity index (χ2n) is 6.93. The molecular formula is C17H23BrN2O. The van der Waals surface area contributed by atoms with Gasteiger partial charge in [-0.3, -0.25) is 4.79 Å². The van der Waals surface area contributed by atoms with Crippen molar-refractivity contribution >= 4 is 21.8 Å². The zero-order valence-corrected chi connectivity index (χ0v) is 14.0. The number of nitrogens with zero attached hydrogens (tertiary/aromatic N) is 2. The molecule has 1 aliphatic heterocycles. The Morgan fingerprint density at radius 1 is 1.10 bits per heavy atom. The van der Waals surface area contributed by atoms with Gasteiger partial charge in [-0.15, -0.1) is 0 Å². The molecule has 3 aliphatic rings. The van der Waals surface area contributed by atoms with E-state index in [1.165, 1.54) is 51.4 Å². The molecule has 2 heterocycles. The van der Waals surface area contributed by atoms with Gasteiger partial charge in [0.05, 0.1) is 0 Å². The lowest BCUT2D eigenvalue weighted by Crippen LogP contribution is -2.40. The molecule has 0 bridgehead atoms. The maximum absolute atomic E-state index is 13.1. The number of hydrogen-bond acceptors (Lipinski definition) is 1. The summed E-state index contributed by atoms with van der Waals surface area (Å²) in [6.45, 7) is 0.952. The van der Waals surface area contributed by atoms with E-state index in [4.69, 9.17) is 0 Å². The molecule has 114 valence electrons. The Labute approximate surface area is 134 Å². The maximum atomic E-state index is 13.1. The quantitative estimate of drug-likeness (QED) is 0.793. The molecule has 4 heteroatoms. The molecule has 3 nitrogen and oxygen atoms in total. The second kappa shape index (κ2) is 5.45. The van der Waals surface area contributed by atoms with Crippen LogP contribution in [0.5, 0.6) is 0 Å². The van der Waals surface area contributed by atoms with Crippen molar-refractivity contribution in [3.05, 3.63) is 22.4 Å². The van der Waals surface area contributed by atoms with Crippen LogP contribution in [0.1, 0.15) is 67.9 Å². The summed E-state index contributed by atoms with van der Waals surface area (Å²) >= 11 is 3.55. The summed E-state index contributed by atoms with van der Waals surface area (Å²) in [7, 11) is 0. The highest BCUT2D eigenvalue weighted by molar-refractivity contribution is 9.10. The molecule has 1 aromatic heterocycles. The predicted molar refractivity (Wildman–Crippen MR) is 86.4 cm³/mol. The third kappa shape index (κ3) is 2.56. The highest BCUT2D eigenvalue weighted by Crippen LogP contribution is 2.39. The van der Waals surface area contributed by atoms with Crippen molar-refractivity contribution in [3.63, 3.8) is 0 Å². The molecule has 21 heavy (non-hydrogen) atoms. The van der Waals surface area contributed by atoms with Crippen molar-refractivity contribution in [1.29, 1.82) is 0 Å². The van der Waals surface area contributed by atoms with Gasteiger partial charge in [-0.2, -0.15) is 0 Å². The number of amides is 1. The summed E-state index contributed by atoms with van der Waals surface area (Å²) in [4.78, 5) is 15.3. The Bertz CT molecular complexity index is 543. The summed E-state index contributed by atoms with van der Waals surface area (Å²) in [5.41, 5.74) is 0.897. The predicted octanol–water partition coefficient (Wildman–Crippen LogP) is 4.38. The van der Waals surface area contributed by atoms with Gasteiger partial charge in [-0.25, -0.2) is 0 Å². The first-order chi connectivity index (χ1) is 10.2. The summed E-state index contributed by atoms with van der Waals surface area (Å²) < 4.78 is 3.24. The van der Waals surface area contributed by atoms with Crippen LogP contribution >= 0.6 is 15.9 Å². The second-order valence-corrected chi connectivity index (χ2v) is 7.85. The van der Waals surface area contributed by atoms with Crippen molar-refractivity contribution in [2.24, 2.45) is 5.92 Å². The van der Waals surface area contributed by atoms with E-state index in [0.717, 1.165) is 22.6 Å². The van der Waals surface area contributed by atoms with E-state index in [2.05, 4.69) is 31.6 Å². The topological polar surface area (TPSA) is 25.2 Å². The first-order valence-corrected chi connectivity index (χ1v) is 9.21. The molecule has 1 aromatic rings. The normalized spacial score (nSPS) is 26.7. The average molecular weight is 351 g/mol. The average Bonchev–Trinajstić information content (AvgIpc) is 2.93. The van der Waals surface area contributed by atoms with Crippen LogP contribution in [0.25, 0.3) is 0 Å². The van der Waals surface area contributed by atoms with Crippen LogP contribution in [-0.2, 0) is 0 Å². The van der Waals surface area contributed by atoms with E-state index >= 15 is 0 Å². The van der Waals surface area contributed by atoms with Crippen molar-refractivity contribution in [1.82, 2.24) is 9.47 Å². The molecular weight excluding hydrogens is 328 g/mol. The first kappa shape index (κ1) is 13.9. The number of likely N-dealkylation sites (tertiary alicyclic amines) is 1. The highest BCUT2D eigenvalue weighted by atomic mass is 79.9. The lowest BCUT2D eigenvalue weighted by molar-refractivity contribution is 0.0678. The number of hydrogen-bond donors (Lipinski definition) is 0. The van der Waals surface area contributed by atoms with E-state index in [1.807, 2.05) is 6.07 Å². The van der Waals surface area contributed by atoms with E-state index in [1.54, 1.807) is 0 Å². The molecule has 2 aliphatic carbocycles. The Hall–Kier alpha value is -0.770. The van der Waals surface area contributed by atoms with E-state index < -0.39 is 0 Å². The molecule has 1 atom stereocenters.